The SMILES string of the molecule is COC(=O)CCCC(=O)c1ccc(CN(C)C(C)=O)cc1. The second-order valence-corrected chi connectivity index (χ2v) is 4.92. The van der Waals surface area contributed by atoms with Crippen LogP contribution >= 0.6 is 0 Å². The molecular formula is C16H21NO4. The van der Waals surface area contributed by atoms with Crippen molar-refractivity contribution >= 4 is 17.7 Å². The second-order valence-electron chi connectivity index (χ2n) is 4.92. The van der Waals surface area contributed by atoms with Gasteiger partial charge < -0.3 is 9.64 Å². The molecule has 0 heterocycles. The molecule has 0 N–H and O–H groups in total. The van der Waals surface area contributed by atoms with Gasteiger partial charge in [0.15, 0.2) is 5.78 Å². The van der Waals surface area contributed by atoms with Gasteiger partial charge in [-0.1, -0.05) is 24.3 Å². The molecule has 0 spiro atoms. The predicted molar refractivity (Wildman–Crippen MR) is 78.8 cm³/mol. The average Bonchev–Trinajstić information content (AvgIpc) is 2.47. The number of Topliss-reactive ketones (excluding diaryl/α,β-unsaturated/α-hetero) is 1. The summed E-state index contributed by atoms with van der Waals surface area (Å²) in [6.07, 6.45) is 1.06. The Morgan fingerprint density at radius 1 is 1.10 bits per heavy atom. The number of benzene rings is 1. The van der Waals surface area contributed by atoms with Gasteiger partial charge in [-0.2, -0.15) is 0 Å². The van der Waals surface area contributed by atoms with Gasteiger partial charge in [0.1, 0.15) is 0 Å². The maximum Gasteiger partial charge on any atom is 0.305 e. The van der Waals surface area contributed by atoms with Gasteiger partial charge in [-0.05, 0) is 12.0 Å². The third-order valence-electron chi connectivity index (χ3n) is 3.25. The Hall–Kier alpha value is -2.17. The van der Waals surface area contributed by atoms with Gasteiger partial charge in [0.05, 0.1) is 7.11 Å². The minimum Gasteiger partial charge on any atom is -0.469 e. The van der Waals surface area contributed by atoms with Crippen LogP contribution in [-0.2, 0) is 20.9 Å². The number of ketones is 1. The van der Waals surface area contributed by atoms with Crippen LogP contribution in [0.15, 0.2) is 24.3 Å². The molecule has 0 saturated heterocycles. The average molecular weight is 291 g/mol. The fraction of sp³-hybridized carbons (Fsp3) is 0.438. The van der Waals surface area contributed by atoms with Crippen LogP contribution in [0.2, 0.25) is 0 Å². The number of amides is 1. The molecule has 5 heteroatoms. The van der Waals surface area contributed by atoms with Gasteiger partial charge in [-0.3, -0.25) is 14.4 Å². The molecule has 114 valence electrons. The van der Waals surface area contributed by atoms with Gasteiger partial charge in [-0.25, -0.2) is 0 Å². The molecule has 5 nitrogen and oxygen atoms in total. The summed E-state index contributed by atoms with van der Waals surface area (Å²) in [6, 6.07) is 7.19. The molecule has 0 atom stereocenters. The van der Waals surface area contributed by atoms with Crippen molar-refractivity contribution in [2.45, 2.75) is 32.7 Å². The Labute approximate surface area is 124 Å². The van der Waals surface area contributed by atoms with Crippen molar-refractivity contribution in [3.05, 3.63) is 35.4 Å². The summed E-state index contributed by atoms with van der Waals surface area (Å²) < 4.78 is 4.53. The lowest BCUT2D eigenvalue weighted by atomic mass is 10.0. The number of hydrogen-bond donors (Lipinski definition) is 0. The third kappa shape index (κ3) is 5.77. The molecule has 0 aliphatic heterocycles. The van der Waals surface area contributed by atoms with E-state index in [4.69, 9.17) is 0 Å². The molecule has 0 saturated carbocycles. The smallest absolute Gasteiger partial charge is 0.305 e. The Bertz CT molecular complexity index is 508. The highest BCUT2D eigenvalue weighted by atomic mass is 16.5. The van der Waals surface area contributed by atoms with Gasteiger partial charge >= 0.3 is 5.97 Å². The van der Waals surface area contributed by atoms with Crippen LogP contribution in [0.25, 0.3) is 0 Å². The standard InChI is InChI=1S/C16H21NO4/c1-12(18)17(2)11-13-7-9-14(10-8-13)15(19)5-4-6-16(20)21-3/h7-10H,4-6,11H2,1-3H3. The van der Waals surface area contributed by atoms with Gasteiger partial charge in [0.2, 0.25) is 5.91 Å². The number of rotatable bonds is 7. The number of ether oxygens (including phenoxy) is 1. The van der Waals surface area contributed by atoms with E-state index in [-0.39, 0.29) is 24.1 Å². The molecule has 1 aromatic rings. The summed E-state index contributed by atoms with van der Waals surface area (Å²) in [7, 11) is 3.06. The van der Waals surface area contributed by atoms with E-state index >= 15 is 0 Å². The predicted octanol–water partition coefficient (Wildman–Crippen LogP) is 2.19. The Balaban J connectivity index is 2.51. The molecular weight excluding hydrogens is 270 g/mol. The molecule has 0 bridgehead atoms. The summed E-state index contributed by atoms with van der Waals surface area (Å²) in [4.78, 5) is 35.7. The van der Waals surface area contributed by atoms with E-state index in [0.717, 1.165) is 5.56 Å². The second kappa shape index (κ2) is 8.19. The summed E-state index contributed by atoms with van der Waals surface area (Å²) in [6.45, 7) is 2.03. The molecule has 0 fully saturated rings. The summed E-state index contributed by atoms with van der Waals surface area (Å²) in [5.41, 5.74) is 1.59. The maximum absolute atomic E-state index is 11.9. The van der Waals surface area contributed by atoms with Crippen molar-refractivity contribution in [3.63, 3.8) is 0 Å². The monoisotopic (exact) mass is 291 g/mol. The van der Waals surface area contributed by atoms with Crippen molar-refractivity contribution < 1.29 is 19.1 Å². The molecule has 0 unspecified atom stereocenters. The number of carbonyl (C=O) groups excluding carboxylic acids is 3. The fourth-order valence-electron chi connectivity index (χ4n) is 1.82. The van der Waals surface area contributed by atoms with Crippen LogP contribution in [0.3, 0.4) is 0 Å². The molecule has 0 aliphatic carbocycles. The number of carbonyl (C=O) groups is 3. The van der Waals surface area contributed by atoms with E-state index in [1.54, 1.807) is 24.1 Å². The van der Waals surface area contributed by atoms with Crippen molar-refractivity contribution in [3.8, 4) is 0 Å². The van der Waals surface area contributed by atoms with Crippen LogP contribution in [0, 0.1) is 0 Å². The largest absolute Gasteiger partial charge is 0.469 e. The quantitative estimate of drug-likeness (QED) is 0.570. The van der Waals surface area contributed by atoms with Crippen molar-refractivity contribution in [2.75, 3.05) is 14.2 Å². The lowest BCUT2D eigenvalue weighted by Gasteiger charge is -2.14. The van der Waals surface area contributed by atoms with Crippen LogP contribution in [0.1, 0.15) is 42.1 Å². The summed E-state index contributed by atoms with van der Waals surface area (Å²) in [5.74, 6) is -0.297. The highest BCUT2D eigenvalue weighted by Crippen LogP contribution is 2.11. The topological polar surface area (TPSA) is 63.7 Å². The van der Waals surface area contributed by atoms with E-state index in [1.807, 2.05) is 12.1 Å². The number of nitrogens with zero attached hydrogens (tertiary/aromatic N) is 1. The third-order valence-corrected chi connectivity index (χ3v) is 3.25. The molecule has 0 aromatic heterocycles. The molecule has 1 aromatic carbocycles. The first-order chi connectivity index (χ1) is 9.93. The first-order valence-corrected chi connectivity index (χ1v) is 6.84. The zero-order chi connectivity index (χ0) is 15.8. The van der Waals surface area contributed by atoms with E-state index in [0.29, 0.717) is 24.9 Å². The van der Waals surface area contributed by atoms with Gasteiger partial charge in [0.25, 0.3) is 0 Å². The first kappa shape index (κ1) is 16.9. The number of methoxy groups -OCH3 is 1. The van der Waals surface area contributed by atoms with Gasteiger partial charge in [0, 0.05) is 38.9 Å². The van der Waals surface area contributed by atoms with Crippen LogP contribution in [0.5, 0.6) is 0 Å². The minimum absolute atomic E-state index is 0.00189. The normalized spacial score (nSPS) is 10.0. The minimum atomic E-state index is -0.301. The first-order valence-electron chi connectivity index (χ1n) is 6.84. The number of esters is 1. The van der Waals surface area contributed by atoms with Crippen LogP contribution in [0.4, 0.5) is 0 Å². The lowest BCUT2D eigenvalue weighted by Crippen LogP contribution is -2.22. The van der Waals surface area contributed by atoms with E-state index in [1.165, 1.54) is 14.0 Å². The maximum atomic E-state index is 11.9. The fourth-order valence-corrected chi connectivity index (χ4v) is 1.82. The molecule has 21 heavy (non-hydrogen) atoms. The lowest BCUT2D eigenvalue weighted by molar-refractivity contribution is -0.140. The molecule has 1 amide bonds. The van der Waals surface area contributed by atoms with E-state index < -0.39 is 0 Å². The highest BCUT2D eigenvalue weighted by Gasteiger charge is 2.09. The zero-order valence-electron chi connectivity index (χ0n) is 12.7. The zero-order valence-corrected chi connectivity index (χ0v) is 12.7. The number of hydrogen-bond acceptors (Lipinski definition) is 4. The molecule has 0 aliphatic rings. The molecule has 0 radical (unpaired) electrons. The van der Waals surface area contributed by atoms with E-state index in [9.17, 15) is 14.4 Å². The van der Waals surface area contributed by atoms with Crippen molar-refractivity contribution in [1.82, 2.24) is 4.90 Å². The molecule has 1 rings (SSSR count). The summed E-state index contributed by atoms with van der Waals surface area (Å²) >= 11 is 0. The van der Waals surface area contributed by atoms with Gasteiger partial charge in [-0.15, -0.1) is 0 Å². The Morgan fingerprint density at radius 2 is 1.71 bits per heavy atom. The summed E-state index contributed by atoms with van der Waals surface area (Å²) in [5, 5.41) is 0. The highest BCUT2D eigenvalue weighted by molar-refractivity contribution is 5.96. The van der Waals surface area contributed by atoms with Crippen LogP contribution < -0.4 is 0 Å². The Morgan fingerprint density at radius 3 is 2.24 bits per heavy atom. The van der Waals surface area contributed by atoms with Crippen molar-refractivity contribution in [1.29, 1.82) is 0 Å². The van der Waals surface area contributed by atoms with Crippen molar-refractivity contribution in [2.24, 2.45) is 0 Å². The Kier molecular flexibility index (Phi) is 6.59. The van der Waals surface area contributed by atoms with E-state index in [2.05, 4.69) is 4.74 Å². The van der Waals surface area contributed by atoms with Crippen LogP contribution in [-0.4, -0.2) is 36.7 Å².